The molecule has 0 fully saturated rings. The number of hydrogen-bond donors (Lipinski definition) is 0. The van der Waals surface area contributed by atoms with Crippen LogP contribution in [0.15, 0.2) is 24.3 Å². The number of likely N-dealkylation sites (N-methyl/N-ethyl adjacent to an activating group) is 1. The van der Waals surface area contributed by atoms with E-state index in [9.17, 15) is 19.2 Å². The van der Waals surface area contributed by atoms with Crippen molar-refractivity contribution in [1.82, 2.24) is 9.80 Å². The molecule has 2 rings (SSSR count). The summed E-state index contributed by atoms with van der Waals surface area (Å²) in [7, 11) is 1.49. The first-order valence-corrected chi connectivity index (χ1v) is 7.63. The number of rotatable bonds is 6. The molecule has 25 heavy (non-hydrogen) atoms. The van der Waals surface area contributed by atoms with Crippen LogP contribution >= 0.6 is 0 Å². The monoisotopic (exact) mass is 343 g/mol. The third-order valence-corrected chi connectivity index (χ3v) is 3.88. The van der Waals surface area contributed by atoms with Gasteiger partial charge in [-0.05, 0) is 19.1 Å². The summed E-state index contributed by atoms with van der Waals surface area (Å²) in [6, 6.07) is 7.05. The van der Waals surface area contributed by atoms with E-state index in [4.69, 9.17) is 10.00 Å². The average molecular weight is 343 g/mol. The molecule has 1 aliphatic rings. The van der Waals surface area contributed by atoms with Crippen molar-refractivity contribution in [1.29, 1.82) is 5.26 Å². The summed E-state index contributed by atoms with van der Waals surface area (Å²) in [4.78, 5) is 50.6. The van der Waals surface area contributed by atoms with Gasteiger partial charge in [0.15, 0.2) is 6.61 Å². The molecule has 0 N–H and O–H groups in total. The van der Waals surface area contributed by atoms with Crippen molar-refractivity contribution in [2.24, 2.45) is 0 Å². The zero-order valence-corrected chi connectivity index (χ0v) is 13.9. The van der Waals surface area contributed by atoms with Gasteiger partial charge in [0, 0.05) is 13.6 Å². The molecule has 1 heterocycles. The van der Waals surface area contributed by atoms with Gasteiger partial charge >= 0.3 is 5.97 Å². The van der Waals surface area contributed by atoms with Crippen LogP contribution in [0.3, 0.4) is 0 Å². The second-order valence-electron chi connectivity index (χ2n) is 5.53. The Balaban J connectivity index is 1.97. The zero-order valence-electron chi connectivity index (χ0n) is 13.9. The SMILES string of the molecule is CC(C(=O)OCC(=O)N(C)CCC#N)N1C(=O)c2ccccc2C1=O. The predicted molar refractivity (Wildman–Crippen MR) is 85.2 cm³/mol. The van der Waals surface area contributed by atoms with E-state index in [1.807, 2.05) is 6.07 Å². The van der Waals surface area contributed by atoms with Crippen molar-refractivity contribution >= 4 is 23.7 Å². The van der Waals surface area contributed by atoms with Gasteiger partial charge in [-0.15, -0.1) is 0 Å². The minimum absolute atomic E-state index is 0.168. The molecule has 1 unspecified atom stereocenters. The molecule has 0 saturated heterocycles. The number of hydrogen-bond acceptors (Lipinski definition) is 6. The predicted octanol–water partition coefficient (Wildman–Crippen LogP) is 0.586. The third kappa shape index (κ3) is 3.66. The summed E-state index contributed by atoms with van der Waals surface area (Å²) >= 11 is 0. The largest absolute Gasteiger partial charge is 0.454 e. The van der Waals surface area contributed by atoms with Crippen molar-refractivity contribution in [2.75, 3.05) is 20.2 Å². The molecule has 8 nitrogen and oxygen atoms in total. The first-order chi connectivity index (χ1) is 11.9. The van der Waals surface area contributed by atoms with Crippen LogP contribution < -0.4 is 0 Å². The van der Waals surface area contributed by atoms with Gasteiger partial charge in [0.05, 0.1) is 23.6 Å². The minimum atomic E-state index is -1.15. The highest BCUT2D eigenvalue weighted by atomic mass is 16.5. The van der Waals surface area contributed by atoms with Gasteiger partial charge < -0.3 is 9.64 Å². The van der Waals surface area contributed by atoms with E-state index in [1.165, 1.54) is 31.0 Å². The number of esters is 1. The molecule has 3 amide bonds. The Kier molecular flexibility index (Phi) is 5.49. The lowest BCUT2D eigenvalue weighted by atomic mass is 10.1. The summed E-state index contributed by atoms with van der Waals surface area (Å²) in [5.74, 6) is -2.46. The van der Waals surface area contributed by atoms with Gasteiger partial charge in [-0.2, -0.15) is 5.26 Å². The molecule has 1 aliphatic heterocycles. The van der Waals surface area contributed by atoms with Crippen molar-refractivity contribution in [3.8, 4) is 6.07 Å². The number of imide groups is 1. The molecule has 0 aliphatic carbocycles. The van der Waals surface area contributed by atoms with E-state index in [0.29, 0.717) is 0 Å². The Morgan fingerprint density at radius 1 is 1.24 bits per heavy atom. The number of ether oxygens (including phenoxy) is 1. The number of carbonyl (C=O) groups excluding carboxylic acids is 4. The Hall–Kier alpha value is -3.21. The fourth-order valence-electron chi connectivity index (χ4n) is 2.37. The van der Waals surface area contributed by atoms with Crippen LogP contribution in [0.25, 0.3) is 0 Å². The molecular weight excluding hydrogens is 326 g/mol. The molecule has 0 saturated carbocycles. The van der Waals surface area contributed by atoms with E-state index in [1.54, 1.807) is 12.1 Å². The summed E-state index contributed by atoms with van der Waals surface area (Å²) in [6.07, 6.45) is 0.168. The van der Waals surface area contributed by atoms with Crippen LogP contribution in [0.1, 0.15) is 34.1 Å². The molecule has 1 aromatic carbocycles. The summed E-state index contributed by atoms with van der Waals surface area (Å²) in [5.41, 5.74) is 0.471. The highest BCUT2D eigenvalue weighted by molar-refractivity contribution is 6.22. The Bertz CT molecular complexity index is 733. The maximum absolute atomic E-state index is 12.3. The van der Waals surface area contributed by atoms with E-state index in [2.05, 4.69) is 0 Å². The minimum Gasteiger partial charge on any atom is -0.454 e. The van der Waals surface area contributed by atoms with Gasteiger partial charge in [0.25, 0.3) is 17.7 Å². The first-order valence-electron chi connectivity index (χ1n) is 7.63. The van der Waals surface area contributed by atoms with Gasteiger partial charge in [-0.1, -0.05) is 12.1 Å². The molecule has 130 valence electrons. The number of amides is 3. The molecule has 8 heteroatoms. The maximum Gasteiger partial charge on any atom is 0.329 e. The summed E-state index contributed by atoms with van der Waals surface area (Å²) in [6.45, 7) is 1.07. The Morgan fingerprint density at radius 3 is 2.32 bits per heavy atom. The second kappa shape index (κ2) is 7.57. The molecule has 0 spiro atoms. The van der Waals surface area contributed by atoms with Gasteiger partial charge in [0.2, 0.25) is 0 Å². The van der Waals surface area contributed by atoms with E-state index in [0.717, 1.165) is 4.90 Å². The zero-order chi connectivity index (χ0) is 18.6. The average Bonchev–Trinajstić information content (AvgIpc) is 2.87. The van der Waals surface area contributed by atoms with Crippen molar-refractivity contribution in [3.63, 3.8) is 0 Å². The van der Waals surface area contributed by atoms with Crippen molar-refractivity contribution < 1.29 is 23.9 Å². The third-order valence-electron chi connectivity index (χ3n) is 3.88. The highest BCUT2D eigenvalue weighted by Crippen LogP contribution is 2.24. The molecule has 0 radical (unpaired) electrons. The fourth-order valence-corrected chi connectivity index (χ4v) is 2.37. The van der Waals surface area contributed by atoms with Gasteiger partial charge in [-0.3, -0.25) is 19.3 Å². The number of carbonyl (C=O) groups is 4. The fraction of sp³-hybridized carbons (Fsp3) is 0.353. The summed E-state index contributed by atoms with van der Waals surface area (Å²) in [5, 5.41) is 8.49. The lowest BCUT2D eigenvalue weighted by Gasteiger charge is -2.21. The van der Waals surface area contributed by atoms with Gasteiger partial charge in [0.1, 0.15) is 6.04 Å². The molecule has 1 atom stereocenters. The standard InChI is InChI=1S/C17H17N3O5/c1-11(17(24)25-10-14(21)19(2)9-5-8-18)20-15(22)12-6-3-4-7-13(12)16(20)23/h3-4,6-7,11H,5,9-10H2,1-2H3. The Labute approximate surface area is 144 Å². The van der Waals surface area contributed by atoms with Crippen LogP contribution in [-0.4, -0.2) is 59.7 Å². The van der Waals surface area contributed by atoms with Crippen LogP contribution in [0, 0.1) is 11.3 Å². The topological polar surface area (TPSA) is 108 Å². The second-order valence-corrected chi connectivity index (χ2v) is 5.53. The van der Waals surface area contributed by atoms with Crippen LogP contribution in [-0.2, 0) is 14.3 Å². The van der Waals surface area contributed by atoms with Gasteiger partial charge in [-0.25, -0.2) is 4.79 Å². The lowest BCUT2D eigenvalue weighted by molar-refractivity contribution is -0.154. The number of fused-ring (bicyclic) bond motifs is 1. The lowest BCUT2D eigenvalue weighted by Crippen LogP contribution is -2.44. The Morgan fingerprint density at radius 2 is 1.80 bits per heavy atom. The van der Waals surface area contributed by atoms with Crippen molar-refractivity contribution in [3.05, 3.63) is 35.4 Å². The maximum atomic E-state index is 12.3. The molecule has 0 aromatic heterocycles. The quantitative estimate of drug-likeness (QED) is 0.552. The van der Waals surface area contributed by atoms with E-state index in [-0.39, 0.29) is 24.1 Å². The highest BCUT2D eigenvalue weighted by Gasteiger charge is 2.41. The molecular formula is C17H17N3O5. The normalized spacial score (nSPS) is 13.9. The van der Waals surface area contributed by atoms with Crippen LogP contribution in [0.4, 0.5) is 0 Å². The first kappa shape index (κ1) is 18.1. The molecule has 0 bridgehead atoms. The summed E-state index contributed by atoms with van der Waals surface area (Å²) < 4.78 is 4.92. The van der Waals surface area contributed by atoms with E-state index < -0.39 is 36.3 Å². The number of nitriles is 1. The van der Waals surface area contributed by atoms with E-state index >= 15 is 0 Å². The smallest absolute Gasteiger partial charge is 0.329 e. The van der Waals surface area contributed by atoms with Crippen LogP contribution in [0.5, 0.6) is 0 Å². The van der Waals surface area contributed by atoms with Crippen molar-refractivity contribution in [2.45, 2.75) is 19.4 Å². The molecule has 1 aromatic rings. The van der Waals surface area contributed by atoms with Crippen LogP contribution in [0.2, 0.25) is 0 Å². The number of benzene rings is 1. The number of nitrogens with zero attached hydrogens (tertiary/aromatic N) is 3.